The van der Waals surface area contributed by atoms with E-state index < -0.39 is 6.10 Å². The van der Waals surface area contributed by atoms with Gasteiger partial charge in [-0.05, 0) is 47.0 Å². The molecule has 1 heterocycles. The maximum absolute atomic E-state index is 12.0. The summed E-state index contributed by atoms with van der Waals surface area (Å²) in [4.78, 5) is 12.0. The lowest BCUT2D eigenvalue weighted by molar-refractivity contribution is 0.0916. The minimum absolute atomic E-state index is 0.184. The number of hydrogen-bond acceptors (Lipinski definition) is 4. The lowest BCUT2D eigenvalue weighted by Gasteiger charge is -2.12. The summed E-state index contributed by atoms with van der Waals surface area (Å²) >= 11 is 1.51. The molecule has 4 N–H and O–H groups in total. The van der Waals surface area contributed by atoms with Gasteiger partial charge < -0.3 is 16.2 Å². The predicted molar refractivity (Wildman–Crippen MR) is 77.2 cm³/mol. The third-order valence-corrected chi connectivity index (χ3v) is 3.59. The van der Waals surface area contributed by atoms with Crippen molar-refractivity contribution in [2.24, 2.45) is 0 Å². The molecule has 0 aliphatic heterocycles. The van der Waals surface area contributed by atoms with E-state index in [2.05, 4.69) is 5.32 Å². The number of aliphatic hydroxyl groups is 1. The fourth-order valence-corrected chi connectivity index (χ4v) is 2.46. The van der Waals surface area contributed by atoms with Crippen LogP contribution in [-0.2, 0) is 0 Å². The van der Waals surface area contributed by atoms with Crippen LogP contribution in [0.3, 0.4) is 0 Å². The quantitative estimate of drug-likeness (QED) is 0.749. The molecule has 2 aromatic rings. The number of nitrogens with one attached hydrogen (secondary N) is 1. The molecule has 1 amide bonds. The Morgan fingerprint density at radius 1 is 1.47 bits per heavy atom. The van der Waals surface area contributed by atoms with Gasteiger partial charge in [-0.2, -0.15) is 11.3 Å². The molecule has 0 fully saturated rings. The van der Waals surface area contributed by atoms with Gasteiger partial charge in [0.05, 0.1) is 6.10 Å². The van der Waals surface area contributed by atoms with Gasteiger partial charge >= 0.3 is 0 Å². The van der Waals surface area contributed by atoms with Crippen LogP contribution < -0.4 is 11.1 Å². The number of nitrogens with two attached hydrogens (primary N) is 1. The van der Waals surface area contributed by atoms with Crippen LogP contribution in [0.25, 0.3) is 0 Å². The molecule has 100 valence electrons. The Morgan fingerprint density at radius 3 is 2.95 bits per heavy atom. The maximum atomic E-state index is 12.0. The topological polar surface area (TPSA) is 75.4 Å². The first-order valence-electron chi connectivity index (χ1n) is 5.92. The summed E-state index contributed by atoms with van der Waals surface area (Å²) < 4.78 is 0. The Morgan fingerprint density at radius 2 is 2.26 bits per heavy atom. The first-order chi connectivity index (χ1) is 9.08. The number of benzene rings is 1. The Labute approximate surface area is 115 Å². The van der Waals surface area contributed by atoms with Crippen LogP contribution in [0, 0.1) is 6.92 Å². The van der Waals surface area contributed by atoms with Crippen molar-refractivity contribution in [1.29, 1.82) is 0 Å². The molecular formula is C14H16N2O2S. The van der Waals surface area contributed by atoms with Crippen LogP contribution in [0.15, 0.2) is 35.0 Å². The third kappa shape index (κ3) is 3.33. The van der Waals surface area contributed by atoms with E-state index in [-0.39, 0.29) is 12.5 Å². The van der Waals surface area contributed by atoms with E-state index in [1.54, 1.807) is 18.2 Å². The SMILES string of the molecule is Cc1ccc(N)cc1C(=O)NCC(O)c1ccsc1. The van der Waals surface area contributed by atoms with Crippen LogP contribution in [0.1, 0.15) is 27.6 Å². The van der Waals surface area contributed by atoms with Crippen LogP contribution in [-0.4, -0.2) is 17.6 Å². The summed E-state index contributed by atoms with van der Waals surface area (Å²) in [6, 6.07) is 7.04. The molecule has 0 aliphatic carbocycles. The molecule has 1 aromatic heterocycles. The number of hydrogen-bond donors (Lipinski definition) is 3. The van der Waals surface area contributed by atoms with E-state index in [1.165, 1.54) is 11.3 Å². The smallest absolute Gasteiger partial charge is 0.251 e. The molecule has 0 spiro atoms. The number of anilines is 1. The lowest BCUT2D eigenvalue weighted by atomic mass is 10.1. The summed E-state index contributed by atoms with van der Waals surface area (Å²) in [5.74, 6) is -0.223. The van der Waals surface area contributed by atoms with Crippen LogP contribution in [0.5, 0.6) is 0 Å². The average molecular weight is 276 g/mol. The highest BCUT2D eigenvalue weighted by molar-refractivity contribution is 7.07. The number of aryl methyl sites for hydroxylation is 1. The fourth-order valence-electron chi connectivity index (χ4n) is 1.75. The lowest BCUT2D eigenvalue weighted by Crippen LogP contribution is -2.28. The van der Waals surface area contributed by atoms with Gasteiger partial charge in [0.25, 0.3) is 5.91 Å². The highest BCUT2D eigenvalue weighted by atomic mass is 32.1. The van der Waals surface area contributed by atoms with Gasteiger partial charge in [-0.25, -0.2) is 0 Å². The van der Waals surface area contributed by atoms with E-state index in [0.717, 1.165) is 11.1 Å². The van der Waals surface area contributed by atoms with Crippen LogP contribution >= 0.6 is 11.3 Å². The van der Waals surface area contributed by atoms with E-state index in [4.69, 9.17) is 5.73 Å². The summed E-state index contributed by atoms with van der Waals surface area (Å²) in [6.07, 6.45) is -0.684. The van der Waals surface area contributed by atoms with Crippen molar-refractivity contribution >= 4 is 22.9 Å². The van der Waals surface area contributed by atoms with Gasteiger partial charge in [0.1, 0.15) is 0 Å². The predicted octanol–water partition coefficient (Wildman–Crippen LogP) is 2.10. The Kier molecular flexibility index (Phi) is 4.19. The van der Waals surface area contributed by atoms with E-state index in [0.29, 0.717) is 11.3 Å². The van der Waals surface area contributed by atoms with Gasteiger partial charge in [0, 0.05) is 17.8 Å². The standard InChI is InChI=1S/C14H16N2O2S/c1-9-2-3-11(15)6-12(9)14(18)16-7-13(17)10-4-5-19-8-10/h2-6,8,13,17H,7,15H2,1H3,(H,16,18). The van der Waals surface area contributed by atoms with Crippen molar-refractivity contribution in [3.63, 3.8) is 0 Å². The minimum atomic E-state index is -0.684. The number of nitrogen functional groups attached to an aromatic ring is 1. The normalized spacial score (nSPS) is 12.1. The highest BCUT2D eigenvalue weighted by Gasteiger charge is 2.12. The molecule has 1 aromatic carbocycles. The third-order valence-electron chi connectivity index (χ3n) is 2.89. The second-order valence-electron chi connectivity index (χ2n) is 4.36. The number of aliphatic hydroxyl groups excluding tert-OH is 1. The molecular weight excluding hydrogens is 260 g/mol. The summed E-state index contributed by atoms with van der Waals surface area (Å²) in [6.45, 7) is 2.04. The first kappa shape index (κ1) is 13.6. The Hall–Kier alpha value is -1.85. The molecule has 4 nitrogen and oxygen atoms in total. The molecule has 0 bridgehead atoms. The molecule has 0 radical (unpaired) electrons. The van der Waals surface area contributed by atoms with Crippen molar-refractivity contribution in [1.82, 2.24) is 5.32 Å². The van der Waals surface area contributed by atoms with Gasteiger partial charge in [0.2, 0.25) is 0 Å². The molecule has 1 unspecified atom stereocenters. The van der Waals surface area contributed by atoms with Gasteiger partial charge in [-0.3, -0.25) is 4.79 Å². The number of rotatable bonds is 4. The maximum Gasteiger partial charge on any atom is 0.251 e. The molecule has 1 atom stereocenters. The molecule has 0 saturated carbocycles. The number of amides is 1. The van der Waals surface area contributed by atoms with E-state index >= 15 is 0 Å². The second-order valence-corrected chi connectivity index (χ2v) is 5.14. The van der Waals surface area contributed by atoms with Crippen molar-refractivity contribution in [3.8, 4) is 0 Å². The van der Waals surface area contributed by atoms with Crippen molar-refractivity contribution in [2.45, 2.75) is 13.0 Å². The molecule has 0 saturated heterocycles. The van der Waals surface area contributed by atoms with E-state index in [9.17, 15) is 9.90 Å². The number of carbonyl (C=O) groups is 1. The first-order valence-corrected chi connectivity index (χ1v) is 6.86. The van der Waals surface area contributed by atoms with Crippen molar-refractivity contribution in [3.05, 3.63) is 51.7 Å². The second kappa shape index (κ2) is 5.86. The zero-order valence-electron chi connectivity index (χ0n) is 10.6. The largest absolute Gasteiger partial charge is 0.399 e. The van der Waals surface area contributed by atoms with Gasteiger partial charge in [0.15, 0.2) is 0 Å². The number of thiophene rings is 1. The van der Waals surface area contributed by atoms with Crippen molar-refractivity contribution < 1.29 is 9.90 Å². The average Bonchev–Trinajstić information content (AvgIpc) is 2.92. The van der Waals surface area contributed by atoms with E-state index in [1.807, 2.05) is 23.8 Å². The molecule has 5 heteroatoms. The Balaban J connectivity index is 2.00. The van der Waals surface area contributed by atoms with Gasteiger partial charge in [-0.15, -0.1) is 0 Å². The zero-order chi connectivity index (χ0) is 13.8. The zero-order valence-corrected chi connectivity index (χ0v) is 11.4. The summed E-state index contributed by atoms with van der Waals surface area (Å²) in [5.41, 5.74) is 8.43. The molecule has 0 aliphatic rings. The molecule has 2 rings (SSSR count). The van der Waals surface area contributed by atoms with Crippen LogP contribution in [0.4, 0.5) is 5.69 Å². The Bertz CT molecular complexity index is 567. The highest BCUT2D eigenvalue weighted by Crippen LogP contribution is 2.16. The van der Waals surface area contributed by atoms with Gasteiger partial charge in [-0.1, -0.05) is 6.07 Å². The summed E-state index contributed by atoms with van der Waals surface area (Å²) in [5, 5.41) is 16.4. The summed E-state index contributed by atoms with van der Waals surface area (Å²) in [7, 11) is 0. The monoisotopic (exact) mass is 276 g/mol. The minimum Gasteiger partial charge on any atom is -0.399 e. The van der Waals surface area contributed by atoms with Crippen LogP contribution in [0.2, 0.25) is 0 Å². The number of carbonyl (C=O) groups excluding carboxylic acids is 1. The molecule has 19 heavy (non-hydrogen) atoms. The fraction of sp³-hybridized carbons (Fsp3) is 0.214. The van der Waals surface area contributed by atoms with Crippen molar-refractivity contribution in [2.75, 3.05) is 12.3 Å².